The highest BCUT2D eigenvalue weighted by Gasteiger charge is 2.31. The molecule has 2 heteroatoms. The predicted octanol–water partition coefficient (Wildman–Crippen LogP) is 5.46. The van der Waals surface area contributed by atoms with Crippen molar-refractivity contribution in [3.63, 3.8) is 0 Å². The van der Waals surface area contributed by atoms with Crippen LogP contribution in [0.2, 0.25) is 0 Å². The summed E-state index contributed by atoms with van der Waals surface area (Å²) in [6.45, 7) is 7.69. The van der Waals surface area contributed by atoms with Gasteiger partial charge in [0.05, 0.1) is 5.60 Å². The molecule has 0 radical (unpaired) electrons. The molecule has 2 nitrogen and oxygen atoms in total. The van der Waals surface area contributed by atoms with Gasteiger partial charge in [-0.05, 0) is 32.2 Å². The molecule has 0 saturated heterocycles. The minimum atomic E-state index is 0.148. The van der Waals surface area contributed by atoms with Crippen LogP contribution in [0, 0.1) is 0 Å². The Balaban J connectivity index is 2.24. The minimum absolute atomic E-state index is 0.148. The average Bonchev–Trinajstić information content (AvgIpc) is 2.73. The molecule has 0 aromatic heterocycles. The standard InChI is InChI=1S/C19H39NO/c1-3-5-6-7-10-13-17-21-19(18-20-16-4-2)14-11-8-9-12-15-19/h20H,3-18H2,1-2H3. The highest BCUT2D eigenvalue weighted by Crippen LogP contribution is 2.30. The molecule has 0 amide bonds. The fourth-order valence-corrected chi connectivity index (χ4v) is 3.41. The smallest absolute Gasteiger partial charge is 0.0806 e. The second-order valence-electron chi connectivity index (χ2n) is 6.89. The maximum atomic E-state index is 6.44. The summed E-state index contributed by atoms with van der Waals surface area (Å²) in [6, 6.07) is 0. The molecular formula is C19H39NO. The normalized spacial score (nSPS) is 18.6. The third kappa shape index (κ3) is 8.83. The zero-order chi connectivity index (χ0) is 15.2. The lowest BCUT2D eigenvalue weighted by molar-refractivity contribution is -0.0561. The predicted molar refractivity (Wildman–Crippen MR) is 92.9 cm³/mol. The molecule has 0 bridgehead atoms. The first kappa shape index (κ1) is 19.0. The van der Waals surface area contributed by atoms with Gasteiger partial charge in [0, 0.05) is 13.2 Å². The Morgan fingerprint density at radius 2 is 1.48 bits per heavy atom. The van der Waals surface area contributed by atoms with Crippen molar-refractivity contribution in [1.82, 2.24) is 5.32 Å². The van der Waals surface area contributed by atoms with Crippen LogP contribution in [0.3, 0.4) is 0 Å². The van der Waals surface area contributed by atoms with Crippen molar-refractivity contribution in [2.45, 2.75) is 103 Å². The highest BCUT2D eigenvalue weighted by molar-refractivity contribution is 4.85. The van der Waals surface area contributed by atoms with E-state index >= 15 is 0 Å². The first-order valence-corrected chi connectivity index (χ1v) is 9.67. The van der Waals surface area contributed by atoms with Gasteiger partial charge < -0.3 is 10.1 Å². The van der Waals surface area contributed by atoms with E-state index in [1.165, 1.54) is 83.5 Å². The van der Waals surface area contributed by atoms with Crippen molar-refractivity contribution in [1.29, 1.82) is 0 Å². The fourth-order valence-electron chi connectivity index (χ4n) is 3.41. The summed E-state index contributed by atoms with van der Waals surface area (Å²) >= 11 is 0. The molecule has 1 rings (SSSR count). The van der Waals surface area contributed by atoms with Gasteiger partial charge >= 0.3 is 0 Å². The van der Waals surface area contributed by atoms with Crippen LogP contribution in [0.1, 0.15) is 97.3 Å². The Morgan fingerprint density at radius 3 is 2.14 bits per heavy atom. The summed E-state index contributed by atoms with van der Waals surface area (Å²) in [6.07, 6.45) is 17.4. The largest absolute Gasteiger partial charge is 0.374 e. The quantitative estimate of drug-likeness (QED) is 0.382. The molecule has 0 aromatic rings. The third-order valence-corrected chi connectivity index (χ3v) is 4.79. The van der Waals surface area contributed by atoms with Crippen LogP contribution >= 0.6 is 0 Å². The van der Waals surface area contributed by atoms with Crippen LogP contribution < -0.4 is 5.32 Å². The van der Waals surface area contributed by atoms with E-state index in [1.54, 1.807) is 0 Å². The van der Waals surface area contributed by atoms with Crippen molar-refractivity contribution < 1.29 is 4.74 Å². The molecule has 1 aliphatic rings. The number of nitrogens with one attached hydrogen (secondary N) is 1. The van der Waals surface area contributed by atoms with Crippen LogP contribution in [-0.2, 0) is 4.74 Å². The van der Waals surface area contributed by atoms with Gasteiger partial charge in [-0.25, -0.2) is 0 Å². The first-order chi connectivity index (χ1) is 10.3. The monoisotopic (exact) mass is 297 g/mol. The van der Waals surface area contributed by atoms with Crippen LogP contribution in [-0.4, -0.2) is 25.3 Å². The zero-order valence-corrected chi connectivity index (χ0v) is 14.7. The number of ether oxygens (including phenoxy) is 1. The van der Waals surface area contributed by atoms with Crippen LogP contribution in [0.25, 0.3) is 0 Å². The molecule has 1 aliphatic carbocycles. The van der Waals surface area contributed by atoms with Crippen molar-refractivity contribution in [2.75, 3.05) is 19.7 Å². The van der Waals surface area contributed by atoms with E-state index < -0.39 is 0 Å². The Hall–Kier alpha value is -0.0800. The van der Waals surface area contributed by atoms with Gasteiger partial charge in [0.2, 0.25) is 0 Å². The minimum Gasteiger partial charge on any atom is -0.374 e. The van der Waals surface area contributed by atoms with Crippen LogP contribution in [0.4, 0.5) is 0 Å². The molecular weight excluding hydrogens is 258 g/mol. The van der Waals surface area contributed by atoms with Gasteiger partial charge in [-0.2, -0.15) is 0 Å². The van der Waals surface area contributed by atoms with Crippen LogP contribution in [0.15, 0.2) is 0 Å². The zero-order valence-electron chi connectivity index (χ0n) is 14.7. The Bertz CT molecular complexity index is 222. The molecule has 1 saturated carbocycles. The second kappa shape index (κ2) is 12.5. The number of unbranched alkanes of at least 4 members (excludes halogenated alkanes) is 5. The summed E-state index contributed by atoms with van der Waals surface area (Å²) < 4.78 is 6.44. The first-order valence-electron chi connectivity index (χ1n) is 9.67. The lowest BCUT2D eigenvalue weighted by Crippen LogP contribution is -2.43. The maximum Gasteiger partial charge on any atom is 0.0806 e. The summed E-state index contributed by atoms with van der Waals surface area (Å²) in [5.41, 5.74) is 0.148. The van der Waals surface area contributed by atoms with E-state index in [0.29, 0.717) is 0 Å². The number of hydrogen-bond donors (Lipinski definition) is 1. The number of rotatable bonds is 12. The molecule has 0 atom stereocenters. The molecule has 126 valence electrons. The van der Waals surface area contributed by atoms with E-state index in [0.717, 1.165) is 19.7 Å². The number of hydrogen-bond acceptors (Lipinski definition) is 2. The maximum absolute atomic E-state index is 6.44. The molecule has 1 N–H and O–H groups in total. The molecule has 0 heterocycles. The van der Waals surface area contributed by atoms with E-state index in [9.17, 15) is 0 Å². The Kier molecular flexibility index (Phi) is 11.3. The van der Waals surface area contributed by atoms with Crippen molar-refractivity contribution in [2.24, 2.45) is 0 Å². The molecule has 1 fully saturated rings. The van der Waals surface area contributed by atoms with Gasteiger partial charge in [-0.15, -0.1) is 0 Å². The average molecular weight is 298 g/mol. The molecule has 21 heavy (non-hydrogen) atoms. The van der Waals surface area contributed by atoms with E-state index in [-0.39, 0.29) is 5.60 Å². The van der Waals surface area contributed by atoms with Gasteiger partial charge in [0.15, 0.2) is 0 Å². The topological polar surface area (TPSA) is 21.3 Å². The SMILES string of the molecule is CCCCCCCCOC1(CNCCC)CCCCCC1. The summed E-state index contributed by atoms with van der Waals surface area (Å²) in [5, 5.41) is 3.62. The second-order valence-corrected chi connectivity index (χ2v) is 6.89. The van der Waals surface area contributed by atoms with Gasteiger partial charge in [0.25, 0.3) is 0 Å². The molecule has 0 aliphatic heterocycles. The molecule has 0 unspecified atom stereocenters. The Labute approximate surface area is 133 Å². The van der Waals surface area contributed by atoms with Gasteiger partial charge in [-0.1, -0.05) is 71.6 Å². The summed E-state index contributed by atoms with van der Waals surface area (Å²) in [7, 11) is 0. The van der Waals surface area contributed by atoms with E-state index in [2.05, 4.69) is 19.2 Å². The Morgan fingerprint density at radius 1 is 0.810 bits per heavy atom. The highest BCUT2D eigenvalue weighted by atomic mass is 16.5. The van der Waals surface area contributed by atoms with Crippen molar-refractivity contribution >= 4 is 0 Å². The fraction of sp³-hybridized carbons (Fsp3) is 1.00. The van der Waals surface area contributed by atoms with Crippen LogP contribution in [0.5, 0.6) is 0 Å². The van der Waals surface area contributed by atoms with Gasteiger partial charge in [0.1, 0.15) is 0 Å². The lowest BCUT2D eigenvalue weighted by Gasteiger charge is -2.33. The summed E-state index contributed by atoms with van der Waals surface area (Å²) in [5.74, 6) is 0. The molecule has 0 aromatic carbocycles. The third-order valence-electron chi connectivity index (χ3n) is 4.79. The van der Waals surface area contributed by atoms with Crippen molar-refractivity contribution in [3.05, 3.63) is 0 Å². The summed E-state index contributed by atoms with van der Waals surface area (Å²) in [4.78, 5) is 0. The van der Waals surface area contributed by atoms with Crippen molar-refractivity contribution in [3.8, 4) is 0 Å². The van der Waals surface area contributed by atoms with Gasteiger partial charge in [-0.3, -0.25) is 0 Å². The molecule has 0 spiro atoms. The lowest BCUT2D eigenvalue weighted by atomic mass is 9.94. The van der Waals surface area contributed by atoms with E-state index in [1.807, 2.05) is 0 Å². The van der Waals surface area contributed by atoms with E-state index in [4.69, 9.17) is 4.74 Å².